The molecule has 0 aliphatic heterocycles. The molecule has 0 amide bonds. The second kappa shape index (κ2) is 9.78. The fourth-order valence-electron chi connectivity index (χ4n) is 0.457. The van der Waals surface area contributed by atoms with Crippen LogP contribution in [0.1, 0.15) is 12.8 Å². The normalized spacial score (nSPS) is 8.50. The van der Waals surface area contributed by atoms with E-state index in [2.05, 4.69) is 23.7 Å². The molecule has 0 unspecified atom stereocenters. The van der Waals surface area contributed by atoms with E-state index in [0.717, 1.165) is 0 Å². The Bertz CT molecular complexity index is 206. The zero-order valence-electron chi connectivity index (χ0n) is 6.88. The van der Waals surface area contributed by atoms with Crippen molar-refractivity contribution in [3.63, 3.8) is 0 Å². The molecule has 12 heavy (non-hydrogen) atoms. The predicted octanol–water partition coefficient (Wildman–Crippen LogP) is 0.314. The van der Waals surface area contributed by atoms with Gasteiger partial charge in [-0.25, -0.2) is 0 Å². The van der Waals surface area contributed by atoms with Crippen molar-refractivity contribution in [2.45, 2.75) is 12.8 Å². The largest absolute Gasteiger partial charge is 0.395 e. The topological polar surface area (TPSA) is 40.5 Å². The molecule has 2 nitrogen and oxygen atoms in total. The fraction of sp³-hybridized carbons (Fsp3) is 0.400. The molecular weight excluding hydrogens is 152 g/mol. The smallest absolute Gasteiger partial charge is 0.0540 e. The molecule has 0 saturated carbocycles. The summed E-state index contributed by atoms with van der Waals surface area (Å²) in [6.45, 7) is 0.189. The van der Waals surface area contributed by atoms with Gasteiger partial charge in [0.2, 0.25) is 0 Å². The van der Waals surface area contributed by atoms with Gasteiger partial charge in [0.25, 0.3) is 0 Å². The highest BCUT2D eigenvalue weighted by Crippen LogP contribution is 1.73. The number of aliphatic hydroxyl groups is 2. The van der Waals surface area contributed by atoms with Gasteiger partial charge in [-0.2, -0.15) is 0 Å². The van der Waals surface area contributed by atoms with E-state index < -0.39 is 0 Å². The second-order valence-corrected chi connectivity index (χ2v) is 1.92. The Morgan fingerprint density at radius 1 is 0.833 bits per heavy atom. The molecule has 0 atom stereocenters. The summed E-state index contributed by atoms with van der Waals surface area (Å²) >= 11 is 0. The van der Waals surface area contributed by atoms with Crippen molar-refractivity contribution in [1.29, 1.82) is 0 Å². The van der Waals surface area contributed by atoms with Crippen molar-refractivity contribution in [1.82, 2.24) is 0 Å². The maximum Gasteiger partial charge on any atom is 0.0540 e. The SMILES string of the molecule is OCCC#C/C=C/C#CCCO. The Kier molecular flexibility index (Phi) is 8.79. The van der Waals surface area contributed by atoms with Crippen molar-refractivity contribution in [2.24, 2.45) is 0 Å². The predicted molar refractivity (Wildman–Crippen MR) is 48.1 cm³/mol. The van der Waals surface area contributed by atoms with Gasteiger partial charge in [-0.3, -0.25) is 0 Å². The number of allylic oxidation sites excluding steroid dienone is 2. The number of rotatable bonds is 2. The molecule has 0 spiro atoms. The molecule has 0 rings (SSSR count). The summed E-state index contributed by atoms with van der Waals surface area (Å²) in [4.78, 5) is 0. The number of hydrogen-bond acceptors (Lipinski definition) is 2. The lowest BCUT2D eigenvalue weighted by atomic mass is 10.4. The van der Waals surface area contributed by atoms with Gasteiger partial charge in [0.05, 0.1) is 13.2 Å². The lowest BCUT2D eigenvalue weighted by Gasteiger charge is -1.75. The minimum atomic E-state index is 0.0943. The first-order valence-corrected chi connectivity index (χ1v) is 3.75. The maximum atomic E-state index is 8.36. The summed E-state index contributed by atoms with van der Waals surface area (Å²) in [5.74, 6) is 10.9. The van der Waals surface area contributed by atoms with Gasteiger partial charge >= 0.3 is 0 Å². The highest BCUT2D eigenvalue weighted by molar-refractivity contribution is 5.24. The molecule has 0 aliphatic rings. The van der Waals surface area contributed by atoms with Gasteiger partial charge in [-0.15, -0.1) is 0 Å². The van der Waals surface area contributed by atoms with Crippen LogP contribution in [-0.2, 0) is 0 Å². The lowest BCUT2D eigenvalue weighted by Crippen LogP contribution is -1.75. The Labute approximate surface area is 72.9 Å². The van der Waals surface area contributed by atoms with Crippen molar-refractivity contribution in [3.8, 4) is 23.7 Å². The standard InChI is InChI=1S/C10H12O2/c11-9-7-5-3-1-2-4-6-8-10-12/h1-2,11-12H,7-10H2/b2-1+. The molecule has 2 N–H and O–H groups in total. The van der Waals surface area contributed by atoms with Crippen LogP contribution in [0.5, 0.6) is 0 Å². The van der Waals surface area contributed by atoms with Crippen LogP contribution in [0.4, 0.5) is 0 Å². The van der Waals surface area contributed by atoms with E-state index in [-0.39, 0.29) is 13.2 Å². The third-order valence-electron chi connectivity index (χ3n) is 0.928. The van der Waals surface area contributed by atoms with Gasteiger partial charge < -0.3 is 10.2 Å². The van der Waals surface area contributed by atoms with E-state index in [9.17, 15) is 0 Å². The molecule has 2 heteroatoms. The number of aliphatic hydroxyl groups excluding tert-OH is 2. The molecule has 0 bridgehead atoms. The first-order chi connectivity index (χ1) is 5.91. The average molecular weight is 164 g/mol. The van der Waals surface area contributed by atoms with Crippen LogP contribution in [-0.4, -0.2) is 23.4 Å². The summed E-state index contributed by atoms with van der Waals surface area (Å²) < 4.78 is 0. The van der Waals surface area contributed by atoms with Crippen LogP contribution in [0.25, 0.3) is 0 Å². The van der Waals surface area contributed by atoms with Crippen LogP contribution >= 0.6 is 0 Å². The van der Waals surface area contributed by atoms with E-state index in [0.29, 0.717) is 12.8 Å². The van der Waals surface area contributed by atoms with Crippen molar-refractivity contribution < 1.29 is 10.2 Å². The summed E-state index contributed by atoms with van der Waals surface area (Å²) in [5.41, 5.74) is 0. The van der Waals surface area contributed by atoms with Crippen molar-refractivity contribution in [3.05, 3.63) is 12.2 Å². The summed E-state index contributed by atoms with van der Waals surface area (Å²) in [6, 6.07) is 0. The molecule has 0 aromatic rings. The first-order valence-electron chi connectivity index (χ1n) is 3.75. The fourth-order valence-corrected chi connectivity index (χ4v) is 0.457. The van der Waals surface area contributed by atoms with Crippen molar-refractivity contribution >= 4 is 0 Å². The van der Waals surface area contributed by atoms with E-state index in [1.54, 1.807) is 12.2 Å². The van der Waals surface area contributed by atoms with Gasteiger partial charge in [0.15, 0.2) is 0 Å². The maximum absolute atomic E-state index is 8.36. The van der Waals surface area contributed by atoms with E-state index in [1.807, 2.05) is 0 Å². The van der Waals surface area contributed by atoms with E-state index in [1.165, 1.54) is 0 Å². The lowest BCUT2D eigenvalue weighted by molar-refractivity contribution is 0.304. The second-order valence-electron chi connectivity index (χ2n) is 1.92. The third-order valence-corrected chi connectivity index (χ3v) is 0.928. The first kappa shape index (κ1) is 10.8. The van der Waals surface area contributed by atoms with Crippen LogP contribution in [0.2, 0.25) is 0 Å². The molecule has 0 aliphatic carbocycles. The monoisotopic (exact) mass is 164 g/mol. The molecule has 0 aromatic heterocycles. The Balaban J connectivity index is 3.52. The zero-order chi connectivity index (χ0) is 9.07. The van der Waals surface area contributed by atoms with Crippen LogP contribution in [0.15, 0.2) is 12.2 Å². The summed E-state index contributed by atoms with van der Waals surface area (Å²) in [7, 11) is 0. The van der Waals surface area contributed by atoms with Crippen LogP contribution < -0.4 is 0 Å². The molecule has 0 saturated heterocycles. The average Bonchev–Trinajstić information content (AvgIpc) is 2.10. The highest BCUT2D eigenvalue weighted by atomic mass is 16.3. The van der Waals surface area contributed by atoms with E-state index >= 15 is 0 Å². The van der Waals surface area contributed by atoms with Crippen LogP contribution in [0, 0.1) is 23.7 Å². The molecule has 0 fully saturated rings. The molecule has 0 aromatic carbocycles. The quantitative estimate of drug-likeness (QED) is 0.577. The summed E-state index contributed by atoms with van der Waals surface area (Å²) in [5, 5.41) is 16.7. The van der Waals surface area contributed by atoms with Crippen molar-refractivity contribution in [2.75, 3.05) is 13.2 Å². The number of hydrogen-bond donors (Lipinski definition) is 2. The highest BCUT2D eigenvalue weighted by Gasteiger charge is 1.68. The van der Waals surface area contributed by atoms with Crippen LogP contribution in [0.3, 0.4) is 0 Å². The summed E-state index contributed by atoms with van der Waals surface area (Å²) in [6.07, 6.45) is 4.24. The minimum absolute atomic E-state index is 0.0943. The minimum Gasteiger partial charge on any atom is -0.395 e. The Hall–Kier alpha value is -1.22. The molecule has 0 radical (unpaired) electrons. The van der Waals surface area contributed by atoms with Gasteiger partial charge in [0, 0.05) is 12.8 Å². The zero-order valence-corrected chi connectivity index (χ0v) is 6.88. The molecular formula is C10H12O2. The third kappa shape index (κ3) is 8.78. The van der Waals surface area contributed by atoms with E-state index in [4.69, 9.17) is 10.2 Å². The van der Waals surface area contributed by atoms with Gasteiger partial charge in [-0.1, -0.05) is 23.7 Å². The Morgan fingerprint density at radius 2 is 1.25 bits per heavy atom. The molecule has 64 valence electrons. The Morgan fingerprint density at radius 3 is 1.58 bits per heavy atom. The molecule has 0 heterocycles. The van der Waals surface area contributed by atoms with Gasteiger partial charge in [-0.05, 0) is 12.2 Å². The van der Waals surface area contributed by atoms with Gasteiger partial charge in [0.1, 0.15) is 0 Å².